The standard InChI is InChI=1S/C9H14N2O2.C7H10N2O2/c1-2-7-5-3-4-6-8-10-13-9(12)11(7)8;10-7-9-5-3-1-2-4-6(9)8-11-7/h7H,2-6H2,1H3;1-5H2. The molecule has 2 aromatic rings. The average molecular weight is 336 g/mol. The second-order valence-corrected chi connectivity index (χ2v) is 6.37. The first kappa shape index (κ1) is 16.7. The highest BCUT2D eigenvalue weighted by Gasteiger charge is 2.21. The molecule has 0 fully saturated rings. The Morgan fingerprint density at radius 3 is 2.50 bits per heavy atom. The van der Waals surface area contributed by atoms with Gasteiger partial charge >= 0.3 is 11.5 Å². The minimum Gasteiger partial charge on any atom is -0.296 e. The number of aromatic nitrogens is 4. The molecule has 1 unspecified atom stereocenters. The topological polar surface area (TPSA) is 96.1 Å². The van der Waals surface area contributed by atoms with Crippen LogP contribution in [0, 0.1) is 0 Å². The average Bonchev–Trinajstić information content (AvgIpc) is 2.96. The minimum absolute atomic E-state index is 0.288. The number of hydrogen-bond acceptors (Lipinski definition) is 6. The molecule has 24 heavy (non-hydrogen) atoms. The fraction of sp³-hybridized carbons (Fsp3) is 0.750. The van der Waals surface area contributed by atoms with Crippen molar-refractivity contribution in [3.8, 4) is 0 Å². The lowest BCUT2D eigenvalue weighted by molar-refractivity contribution is 0.350. The van der Waals surface area contributed by atoms with Gasteiger partial charge < -0.3 is 0 Å². The Hall–Kier alpha value is -2.12. The van der Waals surface area contributed by atoms with Gasteiger partial charge in [-0.3, -0.25) is 18.2 Å². The van der Waals surface area contributed by atoms with Crippen molar-refractivity contribution in [3.05, 3.63) is 32.8 Å². The second kappa shape index (κ2) is 7.63. The van der Waals surface area contributed by atoms with E-state index in [0.717, 1.165) is 63.1 Å². The monoisotopic (exact) mass is 336 g/mol. The Morgan fingerprint density at radius 2 is 1.67 bits per heavy atom. The molecule has 0 bridgehead atoms. The van der Waals surface area contributed by atoms with E-state index in [1.54, 1.807) is 9.13 Å². The quantitative estimate of drug-likeness (QED) is 0.791. The summed E-state index contributed by atoms with van der Waals surface area (Å²) in [4.78, 5) is 22.3. The highest BCUT2D eigenvalue weighted by molar-refractivity contribution is 4.90. The van der Waals surface area contributed by atoms with Crippen LogP contribution < -0.4 is 11.5 Å². The molecular weight excluding hydrogens is 312 g/mol. The third-order valence-electron chi connectivity index (χ3n) is 4.77. The summed E-state index contributed by atoms with van der Waals surface area (Å²) in [6.07, 6.45) is 9.47. The molecule has 0 aromatic carbocycles. The van der Waals surface area contributed by atoms with Gasteiger partial charge in [0.05, 0.1) is 0 Å². The van der Waals surface area contributed by atoms with Crippen LogP contribution in [0.4, 0.5) is 0 Å². The Kier molecular flexibility index (Phi) is 5.32. The van der Waals surface area contributed by atoms with Crippen molar-refractivity contribution in [2.45, 2.75) is 77.3 Å². The van der Waals surface area contributed by atoms with E-state index < -0.39 is 0 Å². The van der Waals surface area contributed by atoms with Gasteiger partial charge in [-0.1, -0.05) is 30.1 Å². The Morgan fingerprint density at radius 1 is 0.958 bits per heavy atom. The molecule has 4 rings (SSSR count). The first-order chi connectivity index (χ1) is 11.7. The molecule has 0 amide bonds. The van der Waals surface area contributed by atoms with Crippen molar-refractivity contribution in [3.63, 3.8) is 0 Å². The first-order valence-corrected chi connectivity index (χ1v) is 8.83. The maximum atomic E-state index is 11.3. The maximum Gasteiger partial charge on any atom is 0.441 e. The largest absolute Gasteiger partial charge is 0.441 e. The van der Waals surface area contributed by atoms with Crippen LogP contribution in [0.15, 0.2) is 18.6 Å². The van der Waals surface area contributed by atoms with E-state index >= 15 is 0 Å². The number of rotatable bonds is 1. The fourth-order valence-electron chi connectivity index (χ4n) is 3.42. The van der Waals surface area contributed by atoms with Gasteiger partial charge in [0.2, 0.25) is 0 Å². The summed E-state index contributed by atoms with van der Waals surface area (Å²) in [6.45, 7) is 2.87. The van der Waals surface area contributed by atoms with Crippen LogP contribution >= 0.6 is 0 Å². The van der Waals surface area contributed by atoms with Crippen molar-refractivity contribution >= 4 is 0 Å². The minimum atomic E-state index is -0.304. The van der Waals surface area contributed by atoms with Crippen molar-refractivity contribution in [1.29, 1.82) is 0 Å². The van der Waals surface area contributed by atoms with Crippen molar-refractivity contribution < 1.29 is 9.05 Å². The van der Waals surface area contributed by atoms with E-state index in [9.17, 15) is 9.59 Å². The van der Waals surface area contributed by atoms with E-state index in [-0.39, 0.29) is 11.5 Å². The highest BCUT2D eigenvalue weighted by Crippen LogP contribution is 2.23. The molecule has 2 aliphatic rings. The van der Waals surface area contributed by atoms with Gasteiger partial charge in [0.15, 0.2) is 11.6 Å². The van der Waals surface area contributed by atoms with Gasteiger partial charge in [-0.25, -0.2) is 9.59 Å². The lowest BCUT2D eigenvalue weighted by Gasteiger charge is -2.12. The zero-order chi connectivity index (χ0) is 16.9. The van der Waals surface area contributed by atoms with Crippen LogP contribution in [0.1, 0.15) is 69.6 Å². The van der Waals surface area contributed by atoms with Crippen molar-refractivity contribution in [2.24, 2.45) is 0 Å². The molecule has 0 radical (unpaired) electrons. The number of nitrogens with zero attached hydrogens (tertiary/aromatic N) is 4. The van der Waals surface area contributed by atoms with Gasteiger partial charge in [-0.15, -0.1) is 0 Å². The smallest absolute Gasteiger partial charge is 0.296 e. The van der Waals surface area contributed by atoms with E-state index in [2.05, 4.69) is 26.3 Å². The van der Waals surface area contributed by atoms with Gasteiger partial charge in [-0.05, 0) is 32.1 Å². The molecule has 132 valence electrons. The zero-order valence-corrected chi connectivity index (χ0v) is 14.1. The van der Waals surface area contributed by atoms with Crippen LogP contribution in [-0.2, 0) is 19.4 Å². The lowest BCUT2D eigenvalue weighted by Crippen LogP contribution is -2.21. The molecule has 8 heteroatoms. The molecule has 1 atom stereocenters. The highest BCUT2D eigenvalue weighted by atomic mass is 16.5. The van der Waals surface area contributed by atoms with Crippen LogP contribution in [0.25, 0.3) is 0 Å². The molecule has 0 N–H and O–H groups in total. The van der Waals surface area contributed by atoms with E-state index in [1.165, 1.54) is 12.8 Å². The molecule has 4 heterocycles. The normalized spacial score (nSPS) is 20.1. The third kappa shape index (κ3) is 3.52. The predicted molar refractivity (Wildman–Crippen MR) is 86.0 cm³/mol. The van der Waals surface area contributed by atoms with Crippen molar-refractivity contribution in [1.82, 2.24) is 19.4 Å². The van der Waals surface area contributed by atoms with Gasteiger partial charge in [0.1, 0.15) is 0 Å². The Labute approximate surface area is 139 Å². The summed E-state index contributed by atoms with van der Waals surface area (Å²) >= 11 is 0. The Balaban J connectivity index is 0.000000143. The Bertz CT molecular complexity index is 770. The molecule has 2 aliphatic heterocycles. The summed E-state index contributed by atoms with van der Waals surface area (Å²) in [5.74, 6) is 1.05. The predicted octanol–water partition coefficient (Wildman–Crippen LogP) is 2.08. The fourth-order valence-corrected chi connectivity index (χ4v) is 3.42. The molecule has 0 saturated heterocycles. The second-order valence-electron chi connectivity index (χ2n) is 6.37. The molecular formula is C16H24N4O4. The SMILES string of the molecule is CCC1CCCCc2noc(=O)n21.O=c1onc2n1CCCCC2. The van der Waals surface area contributed by atoms with E-state index in [0.29, 0.717) is 6.04 Å². The lowest BCUT2D eigenvalue weighted by atomic mass is 10.1. The van der Waals surface area contributed by atoms with Crippen LogP contribution in [0.3, 0.4) is 0 Å². The maximum absolute atomic E-state index is 11.3. The van der Waals surface area contributed by atoms with Crippen LogP contribution in [0.5, 0.6) is 0 Å². The first-order valence-electron chi connectivity index (χ1n) is 8.83. The van der Waals surface area contributed by atoms with Crippen LogP contribution in [-0.4, -0.2) is 19.4 Å². The van der Waals surface area contributed by atoms with E-state index in [4.69, 9.17) is 0 Å². The summed E-state index contributed by atoms with van der Waals surface area (Å²) in [5.41, 5.74) is 0. The molecule has 0 spiro atoms. The molecule has 0 aliphatic carbocycles. The number of fused-ring (bicyclic) bond motifs is 2. The number of aryl methyl sites for hydroxylation is 2. The van der Waals surface area contributed by atoms with Gasteiger partial charge in [-0.2, -0.15) is 0 Å². The summed E-state index contributed by atoms with van der Waals surface area (Å²) < 4.78 is 12.6. The van der Waals surface area contributed by atoms with Gasteiger partial charge in [0.25, 0.3) is 0 Å². The van der Waals surface area contributed by atoms with E-state index in [1.807, 2.05) is 0 Å². The zero-order valence-electron chi connectivity index (χ0n) is 14.1. The summed E-state index contributed by atoms with van der Waals surface area (Å²) in [5, 5.41) is 7.48. The summed E-state index contributed by atoms with van der Waals surface area (Å²) in [7, 11) is 0. The number of hydrogen-bond donors (Lipinski definition) is 0. The molecule has 2 aromatic heterocycles. The summed E-state index contributed by atoms with van der Waals surface area (Å²) in [6, 6.07) is 0.302. The van der Waals surface area contributed by atoms with Crippen molar-refractivity contribution in [2.75, 3.05) is 0 Å². The van der Waals surface area contributed by atoms with Gasteiger partial charge in [0, 0.05) is 25.4 Å². The molecule has 8 nitrogen and oxygen atoms in total. The third-order valence-corrected chi connectivity index (χ3v) is 4.77. The molecule has 0 saturated carbocycles. The van der Waals surface area contributed by atoms with Crippen LogP contribution in [0.2, 0.25) is 0 Å².